The van der Waals surface area contributed by atoms with Crippen molar-refractivity contribution in [3.8, 4) is 0 Å². The van der Waals surface area contributed by atoms with Gasteiger partial charge in [-0.05, 0) is 32.6 Å². The number of carbonyl (C=O) groups excluding carboxylic acids is 1. The summed E-state index contributed by atoms with van der Waals surface area (Å²) < 4.78 is 5.18. The third-order valence-electron chi connectivity index (χ3n) is 4.28. The van der Waals surface area contributed by atoms with E-state index < -0.39 is 0 Å². The van der Waals surface area contributed by atoms with Crippen LogP contribution in [0, 0.1) is 5.92 Å². The van der Waals surface area contributed by atoms with Crippen LogP contribution >= 0.6 is 0 Å². The van der Waals surface area contributed by atoms with Gasteiger partial charge in [0.15, 0.2) is 0 Å². The predicted octanol–water partition coefficient (Wildman–Crippen LogP) is 2.26. The van der Waals surface area contributed by atoms with Crippen molar-refractivity contribution < 1.29 is 9.53 Å². The standard InChI is InChI=1S/C15H26N2O2/c1-3-11-17(12-7-5-8-12)16-14-10-6-9-13(14)15(18)19-4-2/h3,12-14,16H,1,4-11H2,2H3/t13-,14+/m0/s1. The predicted molar refractivity (Wildman–Crippen MR) is 75.4 cm³/mol. The van der Waals surface area contributed by atoms with Gasteiger partial charge in [0.05, 0.1) is 12.5 Å². The molecule has 2 fully saturated rings. The quantitative estimate of drug-likeness (QED) is 0.436. The SMILES string of the molecule is C=CCN(N[C@@H]1CCC[C@@H]1C(=O)OCC)C1CCC1. The first-order valence-electron chi connectivity index (χ1n) is 7.56. The van der Waals surface area contributed by atoms with E-state index >= 15 is 0 Å². The number of carbonyl (C=O) groups is 1. The third-order valence-corrected chi connectivity index (χ3v) is 4.28. The maximum Gasteiger partial charge on any atom is 0.310 e. The summed E-state index contributed by atoms with van der Waals surface area (Å²) in [6.07, 6.45) is 8.85. The van der Waals surface area contributed by atoms with Crippen LogP contribution in [0.5, 0.6) is 0 Å². The minimum absolute atomic E-state index is 0.0207. The fourth-order valence-electron chi connectivity index (χ4n) is 3.00. The number of hydrogen-bond acceptors (Lipinski definition) is 4. The number of rotatable bonds is 7. The maximum absolute atomic E-state index is 11.9. The van der Waals surface area contributed by atoms with Gasteiger partial charge in [0, 0.05) is 18.6 Å². The lowest BCUT2D eigenvalue weighted by Crippen LogP contribution is -2.54. The van der Waals surface area contributed by atoms with Gasteiger partial charge in [-0.2, -0.15) is 0 Å². The number of esters is 1. The summed E-state index contributed by atoms with van der Waals surface area (Å²) in [6, 6.07) is 0.848. The largest absolute Gasteiger partial charge is 0.466 e. The molecule has 19 heavy (non-hydrogen) atoms. The van der Waals surface area contributed by atoms with Crippen LogP contribution < -0.4 is 5.43 Å². The first kappa shape index (κ1) is 14.5. The summed E-state index contributed by atoms with van der Waals surface area (Å²) in [7, 11) is 0. The summed E-state index contributed by atoms with van der Waals surface area (Å²) in [4.78, 5) is 11.9. The fourth-order valence-corrected chi connectivity index (χ4v) is 3.00. The highest BCUT2D eigenvalue weighted by molar-refractivity contribution is 5.73. The minimum Gasteiger partial charge on any atom is -0.466 e. The second kappa shape index (κ2) is 7.06. The zero-order chi connectivity index (χ0) is 13.7. The lowest BCUT2D eigenvalue weighted by atomic mass is 9.92. The average Bonchev–Trinajstić information content (AvgIpc) is 2.75. The summed E-state index contributed by atoms with van der Waals surface area (Å²) in [5.41, 5.74) is 3.57. The first-order valence-corrected chi connectivity index (χ1v) is 7.56. The molecule has 0 radical (unpaired) electrons. The average molecular weight is 266 g/mol. The molecular formula is C15H26N2O2. The van der Waals surface area contributed by atoms with Crippen molar-refractivity contribution in [1.82, 2.24) is 10.4 Å². The Morgan fingerprint density at radius 3 is 2.68 bits per heavy atom. The summed E-state index contributed by atoms with van der Waals surface area (Å²) in [5, 5.41) is 2.28. The summed E-state index contributed by atoms with van der Waals surface area (Å²) >= 11 is 0. The molecule has 0 aromatic carbocycles. The maximum atomic E-state index is 11.9. The Morgan fingerprint density at radius 1 is 1.37 bits per heavy atom. The van der Waals surface area contributed by atoms with Crippen molar-refractivity contribution in [2.24, 2.45) is 5.92 Å². The van der Waals surface area contributed by atoms with Gasteiger partial charge < -0.3 is 4.74 Å². The lowest BCUT2D eigenvalue weighted by Gasteiger charge is -2.39. The van der Waals surface area contributed by atoms with Gasteiger partial charge in [0.1, 0.15) is 0 Å². The van der Waals surface area contributed by atoms with Crippen molar-refractivity contribution in [2.45, 2.75) is 57.5 Å². The number of ether oxygens (including phenoxy) is 1. The van der Waals surface area contributed by atoms with Gasteiger partial charge in [0.25, 0.3) is 0 Å². The molecule has 2 rings (SSSR count). The van der Waals surface area contributed by atoms with E-state index in [-0.39, 0.29) is 17.9 Å². The van der Waals surface area contributed by atoms with E-state index in [1.54, 1.807) is 0 Å². The van der Waals surface area contributed by atoms with E-state index in [0.717, 1.165) is 25.8 Å². The van der Waals surface area contributed by atoms with E-state index in [2.05, 4.69) is 17.0 Å². The molecule has 4 nitrogen and oxygen atoms in total. The molecule has 0 aliphatic heterocycles. The highest BCUT2D eigenvalue weighted by Gasteiger charge is 2.36. The second-order valence-corrected chi connectivity index (χ2v) is 5.55. The Kier molecular flexibility index (Phi) is 5.40. The van der Waals surface area contributed by atoms with Crippen LogP contribution in [-0.2, 0) is 9.53 Å². The van der Waals surface area contributed by atoms with E-state index in [4.69, 9.17) is 4.74 Å². The second-order valence-electron chi connectivity index (χ2n) is 5.55. The van der Waals surface area contributed by atoms with Crippen molar-refractivity contribution in [3.63, 3.8) is 0 Å². The molecule has 2 saturated carbocycles. The Labute approximate surface area is 116 Å². The van der Waals surface area contributed by atoms with Gasteiger partial charge >= 0.3 is 5.97 Å². The minimum atomic E-state index is -0.0373. The van der Waals surface area contributed by atoms with Gasteiger partial charge in [0.2, 0.25) is 0 Å². The molecule has 0 heterocycles. The first-order chi connectivity index (χ1) is 9.26. The van der Waals surface area contributed by atoms with Gasteiger partial charge in [-0.1, -0.05) is 18.9 Å². The van der Waals surface area contributed by atoms with Crippen molar-refractivity contribution in [3.05, 3.63) is 12.7 Å². The molecule has 108 valence electrons. The molecule has 0 unspecified atom stereocenters. The molecule has 0 bridgehead atoms. The molecule has 1 N–H and O–H groups in total. The van der Waals surface area contributed by atoms with Crippen LogP contribution in [0.1, 0.15) is 45.4 Å². The fraction of sp³-hybridized carbons (Fsp3) is 0.800. The molecule has 0 spiro atoms. The molecule has 4 heteroatoms. The Bertz CT molecular complexity index is 315. The van der Waals surface area contributed by atoms with Crippen LogP contribution in [0.4, 0.5) is 0 Å². The highest BCUT2D eigenvalue weighted by Crippen LogP contribution is 2.29. The number of hydrazine groups is 1. The monoisotopic (exact) mass is 266 g/mol. The molecular weight excluding hydrogens is 240 g/mol. The van der Waals surface area contributed by atoms with Gasteiger partial charge in [-0.15, -0.1) is 6.58 Å². The van der Waals surface area contributed by atoms with E-state index in [0.29, 0.717) is 12.6 Å². The van der Waals surface area contributed by atoms with Crippen molar-refractivity contribution in [2.75, 3.05) is 13.2 Å². The number of nitrogens with zero attached hydrogens (tertiary/aromatic N) is 1. The Balaban J connectivity index is 1.90. The number of hydrogen-bond donors (Lipinski definition) is 1. The third kappa shape index (κ3) is 3.57. The van der Waals surface area contributed by atoms with Gasteiger partial charge in [-0.3, -0.25) is 10.2 Å². The zero-order valence-corrected chi connectivity index (χ0v) is 11.9. The molecule has 0 aromatic rings. The van der Waals surface area contributed by atoms with Crippen LogP contribution in [0.3, 0.4) is 0 Å². The molecule has 0 amide bonds. The molecule has 2 atom stereocenters. The molecule has 2 aliphatic rings. The van der Waals surface area contributed by atoms with Crippen LogP contribution in [0.2, 0.25) is 0 Å². The number of nitrogens with one attached hydrogen (secondary N) is 1. The van der Waals surface area contributed by atoms with Crippen molar-refractivity contribution >= 4 is 5.97 Å². The van der Waals surface area contributed by atoms with E-state index in [9.17, 15) is 4.79 Å². The lowest BCUT2D eigenvalue weighted by molar-refractivity contribution is -0.149. The Morgan fingerprint density at radius 2 is 2.11 bits per heavy atom. The molecule has 2 aliphatic carbocycles. The van der Waals surface area contributed by atoms with Crippen LogP contribution in [0.15, 0.2) is 12.7 Å². The van der Waals surface area contributed by atoms with Gasteiger partial charge in [-0.25, -0.2) is 5.01 Å². The molecule has 0 saturated heterocycles. The summed E-state index contributed by atoms with van der Waals surface area (Å²) in [6.45, 7) is 7.01. The molecule has 0 aromatic heterocycles. The van der Waals surface area contributed by atoms with E-state index in [1.807, 2.05) is 13.0 Å². The zero-order valence-electron chi connectivity index (χ0n) is 11.9. The van der Waals surface area contributed by atoms with Crippen LogP contribution in [-0.4, -0.2) is 36.2 Å². The smallest absolute Gasteiger partial charge is 0.310 e. The van der Waals surface area contributed by atoms with Crippen molar-refractivity contribution in [1.29, 1.82) is 0 Å². The van der Waals surface area contributed by atoms with Crippen LogP contribution in [0.25, 0.3) is 0 Å². The van der Waals surface area contributed by atoms with E-state index in [1.165, 1.54) is 19.3 Å². The normalized spacial score (nSPS) is 27.3. The highest BCUT2D eigenvalue weighted by atomic mass is 16.5. The Hall–Kier alpha value is -0.870. The summed E-state index contributed by atoms with van der Waals surface area (Å²) in [5.74, 6) is -0.0167. The topological polar surface area (TPSA) is 41.6 Å².